The second-order valence-electron chi connectivity index (χ2n) is 2.45. The van der Waals surface area contributed by atoms with Gasteiger partial charge < -0.3 is 4.42 Å². The third kappa shape index (κ3) is 1.61. The number of aromatic nitrogens is 2. The lowest BCUT2D eigenvalue weighted by Crippen LogP contribution is -2.00. The van der Waals surface area contributed by atoms with Crippen LogP contribution in [0.3, 0.4) is 0 Å². The van der Waals surface area contributed by atoms with E-state index >= 15 is 0 Å². The topological polar surface area (TPSA) is 38.9 Å². The second-order valence-corrected chi connectivity index (χ2v) is 3.53. The van der Waals surface area contributed by atoms with Gasteiger partial charge in [0.05, 0.1) is 11.8 Å². The first kappa shape index (κ1) is 9.50. The number of hydrogen-bond acceptors (Lipinski definition) is 3. The molecule has 0 radical (unpaired) electrons. The highest BCUT2D eigenvalue weighted by atomic mass is 127. The van der Waals surface area contributed by atoms with Gasteiger partial charge in [0.2, 0.25) is 11.9 Å². The molecular formula is C8H3F2IN2O. The van der Waals surface area contributed by atoms with Crippen LogP contribution in [0, 0.1) is 15.5 Å². The summed E-state index contributed by atoms with van der Waals surface area (Å²) in [5.74, 6) is -1.75. The summed E-state index contributed by atoms with van der Waals surface area (Å²) in [7, 11) is 0. The van der Waals surface area contributed by atoms with E-state index in [4.69, 9.17) is 4.42 Å². The van der Waals surface area contributed by atoms with Crippen molar-refractivity contribution in [3.63, 3.8) is 0 Å². The van der Waals surface area contributed by atoms with Crippen molar-refractivity contribution in [1.29, 1.82) is 0 Å². The number of rotatable bonds is 1. The summed E-state index contributed by atoms with van der Waals surface area (Å²) < 4.78 is 30.5. The molecule has 2 aromatic heterocycles. The first-order valence-electron chi connectivity index (χ1n) is 3.59. The average Bonchev–Trinajstić information content (AvgIpc) is 2.66. The molecule has 0 amide bonds. The fourth-order valence-electron chi connectivity index (χ4n) is 0.915. The van der Waals surface area contributed by atoms with Crippen molar-refractivity contribution in [3.05, 3.63) is 34.1 Å². The lowest BCUT2D eigenvalue weighted by molar-refractivity contribution is 0.514. The lowest BCUT2D eigenvalue weighted by Gasteiger charge is -1.98. The zero-order chi connectivity index (χ0) is 10.1. The molecule has 2 aromatic rings. The maximum Gasteiger partial charge on any atom is 0.233 e. The van der Waals surface area contributed by atoms with Crippen molar-refractivity contribution in [2.45, 2.75) is 0 Å². The van der Waals surface area contributed by atoms with E-state index < -0.39 is 11.9 Å². The lowest BCUT2D eigenvalue weighted by atomic mass is 10.3. The summed E-state index contributed by atoms with van der Waals surface area (Å²) in [6, 6.07) is 1.53. The quantitative estimate of drug-likeness (QED) is 0.600. The van der Waals surface area contributed by atoms with Gasteiger partial charge >= 0.3 is 0 Å². The molecule has 0 saturated carbocycles. The second kappa shape index (κ2) is 3.60. The van der Waals surface area contributed by atoms with Crippen LogP contribution in [0.25, 0.3) is 11.4 Å². The summed E-state index contributed by atoms with van der Waals surface area (Å²) in [6.45, 7) is 0. The van der Waals surface area contributed by atoms with Crippen molar-refractivity contribution < 1.29 is 13.2 Å². The van der Waals surface area contributed by atoms with Crippen molar-refractivity contribution in [3.8, 4) is 11.4 Å². The van der Waals surface area contributed by atoms with Crippen molar-refractivity contribution in [2.75, 3.05) is 0 Å². The molecule has 0 N–H and O–H groups in total. The molecule has 72 valence electrons. The minimum Gasteiger partial charge on any atom is -0.472 e. The van der Waals surface area contributed by atoms with E-state index in [1.807, 2.05) is 0 Å². The predicted molar refractivity (Wildman–Crippen MR) is 52.4 cm³/mol. The van der Waals surface area contributed by atoms with Crippen molar-refractivity contribution in [1.82, 2.24) is 9.97 Å². The van der Waals surface area contributed by atoms with E-state index in [9.17, 15) is 8.78 Å². The van der Waals surface area contributed by atoms with Gasteiger partial charge in [-0.2, -0.15) is 18.7 Å². The Morgan fingerprint density at radius 1 is 1.21 bits per heavy atom. The molecule has 2 heterocycles. The summed E-state index contributed by atoms with van der Waals surface area (Å²) in [5, 5.41) is 0. The van der Waals surface area contributed by atoms with Crippen LogP contribution in [-0.4, -0.2) is 9.97 Å². The van der Waals surface area contributed by atoms with E-state index in [1.165, 1.54) is 41.2 Å². The Kier molecular flexibility index (Phi) is 2.44. The van der Waals surface area contributed by atoms with Gasteiger partial charge in [-0.1, -0.05) is 0 Å². The number of furan rings is 1. The molecule has 0 unspecified atom stereocenters. The standard InChI is InChI=1S/C8H3F2IN2O/c9-6-5(11)7(10)13-8(12-6)4-1-2-14-3-4/h1-3H. The Balaban J connectivity index is 2.57. The van der Waals surface area contributed by atoms with Crippen LogP contribution in [0.15, 0.2) is 23.0 Å². The highest BCUT2D eigenvalue weighted by molar-refractivity contribution is 14.1. The molecule has 0 spiro atoms. The minimum atomic E-state index is -0.866. The molecule has 0 saturated heterocycles. The van der Waals surface area contributed by atoms with Gasteiger partial charge in [-0.25, -0.2) is 0 Å². The highest BCUT2D eigenvalue weighted by Crippen LogP contribution is 2.19. The van der Waals surface area contributed by atoms with E-state index in [1.54, 1.807) is 0 Å². The highest BCUT2D eigenvalue weighted by Gasteiger charge is 2.13. The summed E-state index contributed by atoms with van der Waals surface area (Å²) in [6.07, 6.45) is 2.70. The summed E-state index contributed by atoms with van der Waals surface area (Å²) in [4.78, 5) is 6.98. The van der Waals surface area contributed by atoms with Gasteiger partial charge in [-0.3, -0.25) is 0 Å². The first-order valence-corrected chi connectivity index (χ1v) is 4.67. The molecular weight excluding hydrogens is 305 g/mol. The molecule has 0 fully saturated rings. The Hall–Kier alpha value is -1.05. The Morgan fingerprint density at radius 2 is 1.86 bits per heavy atom. The molecule has 3 nitrogen and oxygen atoms in total. The van der Waals surface area contributed by atoms with Crippen LogP contribution >= 0.6 is 22.6 Å². The largest absolute Gasteiger partial charge is 0.472 e. The van der Waals surface area contributed by atoms with Crippen LogP contribution in [0.2, 0.25) is 0 Å². The van der Waals surface area contributed by atoms with Crippen LogP contribution in [0.4, 0.5) is 8.78 Å². The van der Waals surface area contributed by atoms with E-state index in [0.29, 0.717) is 5.56 Å². The van der Waals surface area contributed by atoms with E-state index in [2.05, 4.69) is 9.97 Å². The van der Waals surface area contributed by atoms with Gasteiger partial charge in [-0.05, 0) is 28.7 Å². The summed E-state index contributed by atoms with van der Waals surface area (Å²) >= 11 is 1.51. The van der Waals surface area contributed by atoms with E-state index in [0.717, 1.165) is 0 Å². The van der Waals surface area contributed by atoms with E-state index in [-0.39, 0.29) is 9.39 Å². The van der Waals surface area contributed by atoms with Crippen LogP contribution < -0.4 is 0 Å². The maximum absolute atomic E-state index is 13.0. The predicted octanol–water partition coefficient (Wildman–Crippen LogP) is 2.62. The third-order valence-corrected chi connectivity index (χ3v) is 2.44. The normalized spacial score (nSPS) is 10.5. The summed E-state index contributed by atoms with van der Waals surface area (Å²) in [5.41, 5.74) is 0.444. The fourth-order valence-corrected chi connectivity index (χ4v) is 1.16. The molecule has 0 aliphatic rings. The number of halogens is 3. The molecule has 0 bridgehead atoms. The monoisotopic (exact) mass is 308 g/mol. The Labute approximate surface area is 91.3 Å². The van der Waals surface area contributed by atoms with Crippen molar-refractivity contribution in [2.24, 2.45) is 0 Å². The Morgan fingerprint density at radius 3 is 2.36 bits per heavy atom. The van der Waals surface area contributed by atoms with Crippen LogP contribution in [0.1, 0.15) is 0 Å². The molecule has 0 aliphatic heterocycles. The zero-order valence-electron chi connectivity index (χ0n) is 6.67. The maximum atomic E-state index is 13.0. The smallest absolute Gasteiger partial charge is 0.233 e. The van der Waals surface area contributed by atoms with Gasteiger partial charge in [0.25, 0.3) is 0 Å². The molecule has 14 heavy (non-hydrogen) atoms. The van der Waals surface area contributed by atoms with Gasteiger partial charge in [0.1, 0.15) is 9.83 Å². The van der Waals surface area contributed by atoms with Gasteiger partial charge in [0, 0.05) is 0 Å². The molecule has 0 aromatic carbocycles. The first-order chi connectivity index (χ1) is 6.68. The zero-order valence-corrected chi connectivity index (χ0v) is 8.83. The van der Waals surface area contributed by atoms with Crippen LogP contribution in [-0.2, 0) is 0 Å². The molecule has 2 rings (SSSR count). The Bertz CT molecular complexity index is 435. The van der Waals surface area contributed by atoms with Gasteiger partial charge in [-0.15, -0.1) is 0 Å². The fraction of sp³-hybridized carbons (Fsp3) is 0. The number of hydrogen-bond donors (Lipinski definition) is 0. The third-order valence-electron chi connectivity index (χ3n) is 1.55. The van der Waals surface area contributed by atoms with Crippen molar-refractivity contribution >= 4 is 22.6 Å². The minimum absolute atomic E-state index is 0.0193. The number of nitrogens with zero attached hydrogens (tertiary/aromatic N) is 2. The average molecular weight is 308 g/mol. The molecule has 0 aliphatic carbocycles. The molecule has 0 atom stereocenters. The molecule has 6 heteroatoms. The van der Waals surface area contributed by atoms with Gasteiger partial charge in [0.15, 0.2) is 5.82 Å². The van der Waals surface area contributed by atoms with Crippen LogP contribution in [0.5, 0.6) is 0 Å². The SMILES string of the molecule is Fc1nc(-c2ccoc2)nc(F)c1I.